The van der Waals surface area contributed by atoms with E-state index in [0.29, 0.717) is 11.7 Å². The number of aromatic nitrogens is 3. The number of nitrogens with one attached hydrogen (secondary N) is 1. The minimum atomic E-state index is -0.0780. The molecule has 2 aromatic heterocycles. The van der Waals surface area contributed by atoms with Gasteiger partial charge in [-0.15, -0.1) is 22.0 Å². The second-order valence-corrected chi connectivity index (χ2v) is 6.71. The molecule has 0 radical (unpaired) electrons. The predicted octanol–water partition coefficient (Wildman–Crippen LogP) is 3.37. The van der Waals surface area contributed by atoms with Gasteiger partial charge in [-0.05, 0) is 36.6 Å². The molecule has 3 rings (SSSR count). The Hall–Kier alpha value is -2.19. The summed E-state index contributed by atoms with van der Waals surface area (Å²) in [5, 5.41) is 11.5. The summed E-state index contributed by atoms with van der Waals surface area (Å²) in [5.74, 6) is 1.00. The summed E-state index contributed by atoms with van der Waals surface area (Å²) < 4.78 is 7.17. The van der Waals surface area contributed by atoms with E-state index in [1.54, 1.807) is 24.4 Å². The quantitative estimate of drug-likeness (QED) is 0.651. The Balaban J connectivity index is 1.55. The van der Waals surface area contributed by atoms with E-state index in [-0.39, 0.29) is 11.7 Å². The molecular weight excluding hydrogens is 344 g/mol. The minimum Gasteiger partial charge on any atom is -0.467 e. The van der Waals surface area contributed by atoms with Gasteiger partial charge in [0.05, 0.1) is 18.6 Å². The summed E-state index contributed by atoms with van der Waals surface area (Å²) in [4.78, 5) is 13.2. The monoisotopic (exact) mass is 360 g/mol. The molecule has 6 nitrogen and oxygen atoms in total. The number of amides is 1. The van der Waals surface area contributed by atoms with Crippen LogP contribution in [0.15, 0.2) is 63.5 Å². The number of thioether (sulfide) groups is 2. The van der Waals surface area contributed by atoms with Crippen molar-refractivity contribution in [2.24, 2.45) is 0 Å². The summed E-state index contributed by atoms with van der Waals surface area (Å²) in [5.41, 5.74) is 0.796. The molecule has 1 N–H and O–H groups in total. The second kappa shape index (κ2) is 8.07. The van der Waals surface area contributed by atoms with Crippen molar-refractivity contribution in [1.82, 2.24) is 14.8 Å². The average molecular weight is 360 g/mol. The van der Waals surface area contributed by atoms with E-state index in [1.165, 1.54) is 11.8 Å². The van der Waals surface area contributed by atoms with Gasteiger partial charge in [0.15, 0.2) is 5.16 Å². The Morgan fingerprint density at radius 1 is 1.33 bits per heavy atom. The van der Waals surface area contributed by atoms with Gasteiger partial charge in [0.25, 0.3) is 0 Å². The van der Waals surface area contributed by atoms with Crippen molar-refractivity contribution in [1.29, 1.82) is 0 Å². The molecule has 0 spiro atoms. The molecule has 1 aromatic carbocycles. The summed E-state index contributed by atoms with van der Waals surface area (Å²) in [6.45, 7) is 0.541. The zero-order valence-corrected chi connectivity index (χ0v) is 14.6. The molecule has 2 heterocycles. The van der Waals surface area contributed by atoms with Crippen LogP contribution >= 0.6 is 23.5 Å². The molecule has 0 aliphatic heterocycles. The van der Waals surface area contributed by atoms with Crippen molar-refractivity contribution >= 4 is 35.1 Å². The van der Waals surface area contributed by atoms with Crippen LogP contribution in [0.25, 0.3) is 0 Å². The van der Waals surface area contributed by atoms with Crippen LogP contribution in [-0.4, -0.2) is 32.7 Å². The van der Waals surface area contributed by atoms with E-state index >= 15 is 0 Å². The smallest absolute Gasteiger partial charge is 0.234 e. The molecule has 0 saturated carbocycles. The normalized spacial score (nSPS) is 10.7. The van der Waals surface area contributed by atoms with Crippen LogP contribution in [0.5, 0.6) is 0 Å². The molecule has 8 heteroatoms. The SMILES string of the molecule is CSc1cccc(NC(=O)CSc2nncn2Cc2ccco2)c1. The lowest BCUT2D eigenvalue weighted by Crippen LogP contribution is -2.14. The lowest BCUT2D eigenvalue weighted by Gasteiger charge is -2.07. The van der Waals surface area contributed by atoms with E-state index in [9.17, 15) is 4.79 Å². The number of nitrogens with zero attached hydrogens (tertiary/aromatic N) is 3. The van der Waals surface area contributed by atoms with Crippen LogP contribution in [-0.2, 0) is 11.3 Å². The fraction of sp³-hybridized carbons (Fsp3) is 0.188. The highest BCUT2D eigenvalue weighted by Gasteiger charge is 2.10. The summed E-state index contributed by atoms with van der Waals surface area (Å²) in [6, 6.07) is 11.5. The van der Waals surface area contributed by atoms with Gasteiger partial charge < -0.3 is 14.3 Å². The van der Waals surface area contributed by atoms with Gasteiger partial charge >= 0.3 is 0 Å². The molecule has 0 aliphatic rings. The van der Waals surface area contributed by atoms with E-state index in [2.05, 4.69) is 15.5 Å². The van der Waals surface area contributed by atoms with Crippen LogP contribution in [0.1, 0.15) is 5.76 Å². The molecule has 24 heavy (non-hydrogen) atoms. The maximum absolute atomic E-state index is 12.1. The Kier molecular flexibility index (Phi) is 5.60. The lowest BCUT2D eigenvalue weighted by atomic mass is 10.3. The third-order valence-electron chi connectivity index (χ3n) is 3.17. The molecular formula is C16H16N4O2S2. The van der Waals surface area contributed by atoms with Crippen molar-refractivity contribution in [2.45, 2.75) is 16.6 Å². The first-order valence-electron chi connectivity index (χ1n) is 7.21. The predicted molar refractivity (Wildman–Crippen MR) is 95.4 cm³/mol. The molecule has 0 fully saturated rings. The Bertz CT molecular complexity index is 802. The number of carbonyl (C=O) groups excluding carboxylic acids is 1. The summed E-state index contributed by atoms with van der Waals surface area (Å²) in [7, 11) is 0. The molecule has 0 aliphatic carbocycles. The van der Waals surface area contributed by atoms with Crippen LogP contribution in [0.2, 0.25) is 0 Å². The maximum atomic E-state index is 12.1. The van der Waals surface area contributed by atoms with E-state index < -0.39 is 0 Å². The van der Waals surface area contributed by atoms with Gasteiger partial charge in [-0.3, -0.25) is 4.79 Å². The first-order chi connectivity index (χ1) is 11.7. The van der Waals surface area contributed by atoms with Crippen LogP contribution in [0.4, 0.5) is 5.69 Å². The van der Waals surface area contributed by atoms with Crippen molar-refractivity contribution in [3.8, 4) is 0 Å². The first-order valence-corrected chi connectivity index (χ1v) is 9.42. The van der Waals surface area contributed by atoms with E-state index in [1.807, 2.05) is 47.2 Å². The van der Waals surface area contributed by atoms with Crippen molar-refractivity contribution in [3.05, 3.63) is 54.7 Å². The average Bonchev–Trinajstić information content (AvgIpc) is 3.25. The van der Waals surface area contributed by atoms with Crippen LogP contribution < -0.4 is 5.32 Å². The molecule has 124 valence electrons. The van der Waals surface area contributed by atoms with Crippen molar-refractivity contribution in [2.75, 3.05) is 17.3 Å². The molecule has 0 atom stereocenters. The van der Waals surface area contributed by atoms with E-state index in [4.69, 9.17) is 4.42 Å². The zero-order chi connectivity index (χ0) is 16.8. The summed E-state index contributed by atoms with van der Waals surface area (Å²) >= 11 is 2.98. The summed E-state index contributed by atoms with van der Waals surface area (Å²) in [6.07, 6.45) is 5.26. The molecule has 1 amide bonds. The largest absolute Gasteiger partial charge is 0.467 e. The Morgan fingerprint density at radius 3 is 3.04 bits per heavy atom. The van der Waals surface area contributed by atoms with Crippen molar-refractivity contribution < 1.29 is 9.21 Å². The number of rotatable bonds is 7. The number of hydrogen-bond acceptors (Lipinski definition) is 6. The third-order valence-corrected chi connectivity index (χ3v) is 4.88. The van der Waals surface area contributed by atoms with Gasteiger partial charge in [0.1, 0.15) is 12.1 Å². The number of anilines is 1. The van der Waals surface area contributed by atoms with Gasteiger partial charge in [0, 0.05) is 10.6 Å². The van der Waals surface area contributed by atoms with Crippen LogP contribution in [0, 0.1) is 0 Å². The van der Waals surface area contributed by atoms with Crippen molar-refractivity contribution in [3.63, 3.8) is 0 Å². The standard InChI is InChI=1S/C16H16N4O2S2/c1-23-14-6-2-4-12(8-14)18-15(21)10-24-16-19-17-11-20(16)9-13-5-3-7-22-13/h2-8,11H,9-10H2,1H3,(H,18,21). The highest BCUT2D eigenvalue weighted by molar-refractivity contribution is 7.99. The lowest BCUT2D eigenvalue weighted by molar-refractivity contribution is -0.113. The maximum Gasteiger partial charge on any atom is 0.234 e. The topological polar surface area (TPSA) is 73.0 Å². The highest BCUT2D eigenvalue weighted by Crippen LogP contribution is 2.20. The molecule has 0 saturated heterocycles. The van der Waals surface area contributed by atoms with Gasteiger partial charge in [-0.2, -0.15) is 0 Å². The number of benzene rings is 1. The van der Waals surface area contributed by atoms with Gasteiger partial charge in [-0.1, -0.05) is 17.8 Å². The second-order valence-electron chi connectivity index (χ2n) is 4.89. The van der Waals surface area contributed by atoms with Crippen LogP contribution in [0.3, 0.4) is 0 Å². The fourth-order valence-electron chi connectivity index (χ4n) is 2.06. The highest BCUT2D eigenvalue weighted by atomic mass is 32.2. The Morgan fingerprint density at radius 2 is 2.25 bits per heavy atom. The minimum absolute atomic E-state index is 0.0780. The number of hydrogen-bond donors (Lipinski definition) is 1. The zero-order valence-electron chi connectivity index (χ0n) is 13.0. The molecule has 0 bridgehead atoms. The van der Waals surface area contributed by atoms with Gasteiger partial charge in [0.2, 0.25) is 5.91 Å². The third kappa shape index (κ3) is 4.42. The molecule has 0 unspecified atom stereocenters. The van der Waals surface area contributed by atoms with E-state index in [0.717, 1.165) is 16.3 Å². The first kappa shape index (κ1) is 16.7. The Labute approximate surface area is 148 Å². The fourth-order valence-corrected chi connectivity index (χ4v) is 3.24. The number of carbonyl (C=O) groups is 1. The molecule has 3 aromatic rings. The number of furan rings is 1. The van der Waals surface area contributed by atoms with Gasteiger partial charge in [-0.25, -0.2) is 0 Å².